The van der Waals surface area contributed by atoms with Gasteiger partial charge in [0.05, 0.1) is 5.69 Å². The molecule has 0 fully saturated rings. The summed E-state index contributed by atoms with van der Waals surface area (Å²) in [7, 11) is 0. The van der Waals surface area contributed by atoms with E-state index in [0.717, 1.165) is 46.7 Å². The van der Waals surface area contributed by atoms with Gasteiger partial charge in [-0.15, -0.1) is 0 Å². The minimum absolute atomic E-state index is 0.768. The molecule has 0 bridgehead atoms. The van der Waals surface area contributed by atoms with Gasteiger partial charge in [0.25, 0.3) is 0 Å². The van der Waals surface area contributed by atoms with Gasteiger partial charge < -0.3 is 10.1 Å². The van der Waals surface area contributed by atoms with Crippen molar-refractivity contribution in [2.45, 2.75) is 26.8 Å². The van der Waals surface area contributed by atoms with Crippen LogP contribution in [0.4, 0.5) is 0 Å². The average molecular weight is 335 g/mol. The second kappa shape index (κ2) is 7.41. The monoisotopic (exact) mass is 334 g/mol. The standard InChI is InChI=1S/C16H19BrN2O/c1-3-7-18-11-14-10-15(6-8-19-14)20-16-5-4-13(17)9-12(16)2/h4-6,8-10,18H,3,7,11H2,1-2H3. The van der Waals surface area contributed by atoms with Crippen molar-refractivity contribution in [3.8, 4) is 11.5 Å². The van der Waals surface area contributed by atoms with Crippen molar-refractivity contribution >= 4 is 15.9 Å². The van der Waals surface area contributed by atoms with Crippen molar-refractivity contribution in [3.63, 3.8) is 0 Å². The number of nitrogens with zero attached hydrogens (tertiary/aromatic N) is 1. The quantitative estimate of drug-likeness (QED) is 0.792. The van der Waals surface area contributed by atoms with Gasteiger partial charge >= 0.3 is 0 Å². The normalized spacial score (nSPS) is 10.6. The van der Waals surface area contributed by atoms with Crippen molar-refractivity contribution in [1.82, 2.24) is 10.3 Å². The lowest BCUT2D eigenvalue weighted by Crippen LogP contribution is -2.14. The summed E-state index contributed by atoms with van der Waals surface area (Å²) in [5.74, 6) is 1.69. The summed E-state index contributed by atoms with van der Waals surface area (Å²) in [6.07, 6.45) is 2.90. The Labute approximate surface area is 128 Å². The minimum atomic E-state index is 0.768. The molecule has 0 amide bonds. The number of benzene rings is 1. The highest BCUT2D eigenvalue weighted by Crippen LogP contribution is 2.27. The molecule has 2 aromatic rings. The number of rotatable bonds is 6. The van der Waals surface area contributed by atoms with E-state index < -0.39 is 0 Å². The molecule has 1 N–H and O–H groups in total. The van der Waals surface area contributed by atoms with E-state index in [2.05, 4.69) is 33.2 Å². The van der Waals surface area contributed by atoms with Gasteiger partial charge in [0.1, 0.15) is 11.5 Å². The maximum Gasteiger partial charge on any atom is 0.130 e. The molecular weight excluding hydrogens is 316 g/mol. The first-order valence-electron chi connectivity index (χ1n) is 6.78. The molecule has 1 heterocycles. The molecule has 0 unspecified atom stereocenters. The maximum absolute atomic E-state index is 5.92. The van der Waals surface area contributed by atoms with Crippen molar-refractivity contribution < 1.29 is 4.74 Å². The third-order valence-corrected chi connectivity index (χ3v) is 3.38. The Hall–Kier alpha value is -1.39. The fraction of sp³-hybridized carbons (Fsp3) is 0.312. The first-order chi connectivity index (χ1) is 9.69. The van der Waals surface area contributed by atoms with Crippen LogP contribution in [0.1, 0.15) is 24.6 Å². The number of hydrogen-bond donors (Lipinski definition) is 1. The van der Waals surface area contributed by atoms with Crippen LogP contribution in [0.2, 0.25) is 0 Å². The molecule has 1 aromatic carbocycles. The third kappa shape index (κ3) is 4.32. The number of hydrogen-bond acceptors (Lipinski definition) is 3. The van der Waals surface area contributed by atoms with E-state index in [1.54, 1.807) is 6.20 Å². The van der Waals surface area contributed by atoms with Gasteiger partial charge in [0.2, 0.25) is 0 Å². The second-order valence-electron chi connectivity index (χ2n) is 4.67. The van der Waals surface area contributed by atoms with Crippen molar-refractivity contribution in [1.29, 1.82) is 0 Å². The number of nitrogens with one attached hydrogen (secondary N) is 1. The Bertz CT molecular complexity index is 572. The Balaban J connectivity index is 2.07. The van der Waals surface area contributed by atoms with Gasteiger partial charge in [0, 0.05) is 23.3 Å². The smallest absolute Gasteiger partial charge is 0.130 e. The van der Waals surface area contributed by atoms with Crippen molar-refractivity contribution in [2.75, 3.05) is 6.54 Å². The molecule has 4 heteroatoms. The first kappa shape index (κ1) is 15.0. The van der Waals surface area contributed by atoms with Crippen LogP contribution in [0.15, 0.2) is 41.0 Å². The van der Waals surface area contributed by atoms with E-state index in [4.69, 9.17) is 4.74 Å². The van der Waals surface area contributed by atoms with Crippen molar-refractivity contribution in [2.24, 2.45) is 0 Å². The summed E-state index contributed by atoms with van der Waals surface area (Å²) in [5.41, 5.74) is 2.09. The molecule has 0 atom stereocenters. The zero-order valence-electron chi connectivity index (χ0n) is 11.8. The third-order valence-electron chi connectivity index (χ3n) is 2.89. The summed E-state index contributed by atoms with van der Waals surface area (Å²) in [4.78, 5) is 4.34. The SMILES string of the molecule is CCCNCc1cc(Oc2ccc(Br)cc2C)ccn1. The Morgan fingerprint density at radius 3 is 2.85 bits per heavy atom. The zero-order chi connectivity index (χ0) is 14.4. The van der Waals surface area contributed by atoms with E-state index in [-0.39, 0.29) is 0 Å². The van der Waals surface area contributed by atoms with Gasteiger partial charge in [-0.3, -0.25) is 4.98 Å². The molecule has 0 saturated carbocycles. The fourth-order valence-electron chi connectivity index (χ4n) is 1.86. The molecule has 106 valence electrons. The van der Waals surface area contributed by atoms with Crippen LogP contribution in [0.25, 0.3) is 0 Å². The molecule has 0 saturated heterocycles. The molecule has 2 rings (SSSR count). The molecule has 20 heavy (non-hydrogen) atoms. The Kier molecular flexibility index (Phi) is 5.56. The van der Waals surface area contributed by atoms with E-state index in [0.29, 0.717) is 0 Å². The summed E-state index contributed by atoms with van der Waals surface area (Å²) >= 11 is 3.45. The number of aromatic nitrogens is 1. The van der Waals surface area contributed by atoms with E-state index >= 15 is 0 Å². The Morgan fingerprint density at radius 1 is 1.25 bits per heavy atom. The number of ether oxygens (including phenoxy) is 1. The molecule has 0 aliphatic heterocycles. The molecule has 0 spiro atoms. The molecule has 0 radical (unpaired) electrons. The van der Waals surface area contributed by atoms with Gasteiger partial charge in [-0.1, -0.05) is 22.9 Å². The highest BCUT2D eigenvalue weighted by molar-refractivity contribution is 9.10. The van der Waals surface area contributed by atoms with Crippen LogP contribution in [0, 0.1) is 6.92 Å². The summed E-state index contributed by atoms with van der Waals surface area (Å²) in [6.45, 7) is 5.95. The molecule has 3 nitrogen and oxygen atoms in total. The number of pyridine rings is 1. The highest BCUT2D eigenvalue weighted by Gasteiger charge is 2.03. The van der Waals surface area contributed by atoms with Gasteiger partial charge in [-0.25, -0.2) is 0 Å². The minimum Gasteiger partial charge on any atom is -0.457 e. The van der Waals surface area contributed by atoms with Gasteiger partial charge in [0.15, 0.2) is 0 Å². The number of aryl methyl sites for hydroxylation is 1. The summed E-state index contributed by atoms with van der Waals surface area (Å²) in [5, 5.41) is 3.34. The van der Waals surface area contributed by atoms with Gasteiger partial charge in [-0.2, -0.15) is 0 Å². The predicted molar refractivity (Wildman–Crippen MR) is 85.2 cm³/mol. The molecule has 1 aromatic heterocycles. The van der Waals surface area contributed by atoms with E-state index in [1.807, 2.05) is 37.3 Å². The van der Waals surface area contributed by atoms with Crippen LogP contribution in [-0.2, 0) is 6.54 Å². The lowest BCUT2D eigenvalue weighted by atomic mass is 10.2. The van der Waals surface area contributed by atoms with Crippen LogP contribution in [0.3, 0.4) is 0 Å². The first-order valence-corrected chi connectivity index (χ1v) is 7.58. The lowest BCUT2D eigenvalue weighted by molar-refractivity contribution is 0.476. The van der Waals surface area contributed by atoms with Crippen LogP contribution in [0.5, 0.6) is 11.5 Å². The largest absolute Gasteiger partial charge is 0.457 e. The maximum atomic E-state index is 5.92. The second-order valence-corrected chi connectivity index (χ2v) is 5.59. The number of halogens is 1. The van der Waals surface area contributed by atoms with Gasteiger partial charge in [-0.05, 0) is 49.7 Å². The summed E-state index contributed by atoms with van der Waals surface area (Å²) in [6, 6.07) is 9.84. The van der Waals surface area contributed by atoms with Crippen LogP contribution >= 0.6 is 15.9 Å². The van der Waals surface area contributed by atoms with Crippen molar-refractivity contribution in [3.05, 3.63) is 52.3 Å². The topological polar surface area (TPSA) is 34.1 Å². The summed E-state index contributed by atoms with van der Waals surface area (Å²) < 4.78 is 6.98. The fourth-order valence-corrected chi connectivity index (χ4v) is 2.34. The molecule has 0 aliphatic carbocycles. The van der Waals surface area contributed by atoms with Crippen LogP contribution in [-0.4, -0.2) is 11.5 Å². The highest BCUT2D eigenvalue weighted by atomic mass is 79.9. The lowest BCUT2D eigenvalue weighted by Gasteiger charge is -2.10. The van der Waals surface area contributed by atoms with E-state index in [9.17, 15) is 0 Å². The van der Waals surface area contributed by atoms with E-state index in [1.165, 1.54) is 0 Å². The zero-order valence-corrected chi connectivity index (χ0v) is 13.4. The molecule has 0 aliphatic rings. The van der Waals surface area contributed by atoms with Crippen LogP contribution < -0.4 is 10.1 Å². The molecular formula is C16H19BrN2O. The Morgan fingerprint density at radius 2 is 2.10 bits per heavy atom. The average Bonchev–Trinajstić information content (AvgIpc) is 2.43. The predicted octanol–water partition coefficient (Wildman–Crippen LogP) is 4.44.